The van der Waals surface area contributed by atoms with Gasteiger partial charge in [-0.2, -0.15) is 0 Å². The second-order valence-electron chi connectivity index (χ2n) is 1.33. The summed E-state index contributed by atoms with van der Waals surface area (Å²) >= 11 is 0. The van der Waals surface area contributed by atoms with Gasteiger partial charge >= 0.3 is 37.4 Å². The van der Waals surface area contributed by atoms with Crippen LogP contribution in [0.25, 0.3) is 0 Å². The van der Waals surface area contributed by atoms with Crippen molar-refractivity contribution in [2.75, 3.05) is 6.61 Å². The quantitative estimate of drug-likeness (QED) is 0.248. The molecule has 0 saturated heterocycles. The molecule has 0 amide bonds. The maximum atomic E-state index is 10.6. The maximum absolute atomic E-state index is 10.6. The van der Waals surface area contributed by atoms with E-state index in [1.165, 1.54) is 6.08 Å². The first-order valence-electron chi connectivity index (χ1n) is 2.50. The molecule has 0 heterocycles. The number of phosphoric acid groups is 1. The molecule has 0 aliphatic heterocycles. The number of rotatable bonds is 5. The molecule has 11 heavy (non-hydrogen) atoms. The van der Waals surface area contributed by atoms with Crippen molar-refractivity contribution in [2.24, 2.45) is 0 Å². The molecule has 1 atom stereocenters. The predicted octanol–water partition coefficient (Wildman–Crippen LogP) is -1.43. The second-order valence-corrected chi connectivity index (χ2v) is 2.73. The summed E-state index contributed by atoms with van der Waals surface area (Å²) in [4.78, 5) is 8.64. The van der Waals surface area contributed by atoms with Gasteiger partial charge in [-0.05, 0) is 0 Å². The first kappa shape index (κ1) is 14.0. The smallest absolute Gasteiger partial charge is 1.00 e. The van der Waals surface area contributed by atoms with Gasteiger partial charge < -0.3 is 5.95 Å². The van der Waals surface area contributed by atoms with Crippen LogP contribution in [0, 0.1) is 0 Å². The minimum atomic E-state index is -3.90. The summed E-state index contributed by atoms with van der Waals surface area (Å²) in [5, 5.41) is 0. The molecular weight excluding hydrogens is 178 g/mol. The van der Waals surface area contributed by atoms with E-state index in [9.17, 15) is 4.57 Å². The SMILES string of the molecule is C=CCOP(=O)(O)OC=C.[H-].[Na+]. The molecule has 0 aliphatic carbocycles. The zero-order valence-electron chi connectivity index (χ0n) is 7.40. The molecule has 1 unspecified atom stereocenters. The van der Waals surface area contributed by atoms with Gasteiger partial charge in [0.15, 0.2) is 0 Å². The van der Waals surface area contributed by atoms with Crippen LogP contribution >= 0.6 is 7.82 Å². The Bertz CT molecular complexity index is 175. The van der Waals surface area contributed by atoms with Crippen molar-refractivity contribution in [1.29, 1.82) is 0 Å². The minimum absolute atomic E-state index is 0. The van der Waals surface area contributed by atoms with Gasteiger partial charge in [0.05, 0.1) is 12.9 Å². The van der Waals surface area contributed by atoms with Gasteiger partial charge in [-0.3, -0.25) is 9.42 Å². The Morgan fingerprint density at radius 1 is 1.64 bits per heavy atom. The van der Waals surface area contributed by atoms with Crippen molar-refractivity contribution < 1.29 is 49.5 Å². The largest absolute Gasteiger partial charge is 1.00 e. The van der Waals surface area contributed by atoms with Gasteiger partial charge in [-0.25, -0.2) is 4.57 Å². The van der Waals surface area contributed by atoms with Crippen molar-refractivity contribution >= 4 is 7.82 Å². The van der Waals surface area contributed by atoms with Gasteiger partial charge in [-0.1, -0.05) is 12.7 Å². The fourth-order valence-electron chi connectivity index (χ4n) is 0.272. The van der Waals surface area contributed by atoms with Crippen molar-refractivity contribution in [3.05, 3.63) is 25.5 Å². The van der Waals surface area contributed by atoms with Crippen LogP contribution in [-0.4, -0.2) is 11.5 Å². The Kier molecular flexibility index (Phi) is 9.02. The zero-order valence-corrected chi connectivity index (χ0v) is 9.29. The molecule has 0 saturated carbocycles. The Morgan fingerprint density at radius 2 is 2.18 bits per heavy atom. The van der Waals surface area contributed by atoms with E-state index < -0.39 is 7.82 Å². The standard InChI is InChI=1S/C5H9O4P.Na.H/c1-3-5-9-10(6,7)8-4-2;;/h3-4H,1-2,5H2,(H,6,7);;/q;+1;-1. The third kappa shape index (κ3) is 8.34. The topological polar surface area (TPSA) is 55.8 Å². The third-order valence-electron chi connectivity index (χ3n) is 0.563. The van der Waals surface area contributed by atoms with Gasteiger partial charge in [0.25, 0.3) is 0 Å². The molecule has 60 valence electrons. The van der Waals surface area contributed by atoms with Crippen molar-refractivity contribution in [1.82, 2.24) is 0 Å². The molecule has 0 aliphatic rings. The molecule has 0 bridgehead atoms. The summed E-state index contributed by atoms with van der Waals surface area (Å²) in [5.41, 5.74) is 0. The van der Waals surface area contributed by atoms with Crippen molar-refractivity contribution in [3.8, 4) is 0 Å². The average molecular weight is 188 g/mol. The molecule has 0 aromatic carbocycles. The summed E-state index contributed by atoms with van der Waals surface area (Å²) in [7, 11) is -3.90. The Labute approximate surface area is 89.3 Å². The van der Waals surface area contributed by atoms with Gasteiger partial charge in [-0.15, -0.1) is 6.58 Å². The third-order valence-corrected chi connectivity index (χ3v) is 1.45. The van der Waals surface area contributed by atoms with Crippen molar-refractivity contribution in [2.45, 2.75) is 0 Å². The summed E-state index contributed by atoms with van der Waals surface area (Å²) in [6.45, 7) is 6.35. The zero-order chi connectivity index (χ0) is 8.04. The van der Waals surface area contributed by atoms with Crippen LogP contribution < -0.4 is 29.6 Å². The van der Waals surface area contributed by atoms with Crippen LogP contribution in [0.15, 0.2) is 25.5 Å². The molecule has 0 fully saturated rings. The molecule has 4 nitrogen and oxygen atoms in total. The second kappa shape index (κ2) is 7.10. The maximum Gasteiger partial charge on any atom is 1.00 e. The van der Waals surface area contributed by atoms with Crippen LogP contribution in [0.5, 0.6) is 0 Å². The van der Waals surface area contributed by atoms with E-state index in [-0.39, 0.29) is 37.6 Å². The molecule has 1 N–H and O–H groups in total. The summed E-state index contributed by atoms with van der Waals surface area (Å²) in [5.74, 6) is 0. The first-order valence-corrected chi connectivity index (χ1v) is 3.99. The molecule has 0 aromatic rings. The predicted molar refractivity (Wildman–Crippen MR) is 38.4 cm³/mol. The van der Waals surface area contributed by atoms with Crippen molar-refractivity contribution in [3.63, 3.8) is 0 Å². The normalized spacial score (nSPS) is 13.9. The number of hydrogen-bond donors (Lipinski definition) is 1. The molecular formula is C5H10NaO4P. The van der Waals surface area contributed by atoms with Crippen LogP contribution in [0.3, 0.4) is 0 Å². The Hall–Kier alpha value is 0.430. The van der Waals surface area contributed by atoms with E-state index in [1.807, 2.05) is 0 Å². The summed E-state index contributed by atoms with van der Waals surface area (Å²) in [6, 6.07) is 0. The van der Waals surface area contributed by atoms with Gasteiger partial charge in [0.1, 0.15) is 0 Å². The molecule has 0 spiro atoms. The summed E-state index contributed by atoms with van der Waals surface area (Å²) in [6.07, 6.45) is 2.19. The van der Waals surface area contributed by atoms with Crippen LogP contribution in [0.4, 0.5) is 0 Å². The molecule has 0 rings (SSSR count). The average Bonchev–Trinajstić information content (AvgIpc) is 1.84. The number of phosphoric ester groups is 1. The minimum Gasteiger partial charge on any atom is -1.00 e. The van der Waals surface area contributed by atoms with Gasteiger partial charge in [0.2, 0.25) is 0 Å². The van der Waals surface area contributed by atoms with E-state index in [4.69, 9.17) is 4.89 Å². The monoisotopic (exact) mass is 188 g/mol. The fourth-order valence-corrected chi connectivity index (χ4v) is 0.815. The van der Waals surface area contributed by atoms with Gasteiger partial charge in [0, 0.05) is 0 Å². The van der Waals surface area contributed by atoms with E-state index in [1.54, 1.807) is 0 Å². The van der Waals surface area contributed by atoms with E-state index in [2.05, 4.69) is 22.2 Å². The molecule has 0 aromatic heterocycles. The van der Waals surface area contributed by atoms with E-state index >= 15 is 0 Å². The Balaban J connectivity index is -0.000000405. The molecule has 0 radical (unpaired) electrons. The first-order chi connectivity index (χ1) is 4.62. The number of hydrogen-bond acceptors (Lipinski definition) is 3. The molecule has 6 heteroatoms. The summed E-state index contributed by atoms with van der Waals surface area (Å²) < 4.78 is 19.0. The fraction of sp³-hybridized carbons (Fsp3) is 0.200. The van der Waals surface area contributed by atoms with Crippen LogP contribution in [0.2, 0.25) is 0 Å². The van der Waals surface area contributed by atoms with Crippen LogP contribution in [-0.2, 0) is 13.6 Å². The van der Waals surface area contributed by atoms with E-state index in [0.29, 0.717) is 0 Å². The Morgan fingerprint density at radius 3 is 2.55 bits per heavy atom. The van der Waals surface area contributed by atoms with E-state index in [0.717, 1.165) is 6.26 Å². The van der Waals surface area contributed by atoms with Crippen LogP contribution in [0.1, 0.15) is 1.43 Å².